The van der Waals surface area contributed by atoms with Gasteiger partial charge in [0.2, 0.25) is 5.91 Å². The van der Waals surface area contributed by atoms with Gasteiger partial charge in [-0.15, -0.1) is 0 Å². The molecule has 0 aliphatic rings. The lowest BCUT2D eigenvalue weighted by atomic mass is 10.0. The molecule has 5 heteroatoms. The van der Waals surface area contributed by atoms with Crippen LogP contribution in [0.2, 0.25) is 0 Å². The highest BCUT2D eigenvalue weighted by atomic mass is 16.4. The largest absolute Gasteiger partial charge is 0.478 e. The first-order valence-corrected chi connectivity index (χ1v) is 6.55. The van der Waals surface area contributed by atoms with Crippen molar-refractivity contribution in [2.75, 3.05) is 20.6 Å². The van der Waals surface area contributed by atoms with E-state index in [9.17, 15) is 9.59 Å². The highest BCUT2D eigenvalue weighted by molar-refractivity contribution is 5.89. The van der Waals surface area contributed by atoms with Crippen LogP contribution in [0.4, 0.5) is 0 Å². The molecule has 0 bridgehead atoms. The average Bonchev–Trinajstić information content (AvgIpc) is 2.43. The highest BCUT2D eigenvalue weighted by Gasteiger charge is 2.28. The molecule has 2 N–H and O–H groups in total. The smallest absolute Gasteiger partial charge is 0.335 e. The first kappa shape index (κ1) is 16.2. The second-order valence-corrected chi connectivity index (χ2v) is 5.31. The zero-order valence-corrected chi connectivity index (χ0v) is 12.4. The summed E-state index contributed by atoms with van der Waals surface area (Å²) in [6, 6.07) is 6.87. The minimum absolute atomic E-state index is 0.0205. The number of hydrogen-bond donors (Lipinski definition) is 2. The van der Waals surface area contributed by atoms with Crippen molar-refractivity contribution in [2.24, 2.45) is 0 Å². The fourth-order valence-electron chi connectivity index (χ4n) is 1.92. The lowest BCUT2D eigenvalue weighted by Gasteiger charge is -2.29. The first-order valence-electron chi connectivity index (χ1n) is 6.55. The van der Waals surface area contributed by atoms with Crippen LogP contribution in [-0.4, -0.2) is 48.1 Å². The molecule has 0 radical (unpaired) electrons. The third-order valence-electron chi connectivity index (χ3n) is 3.47. The lowest BCUT2D eigenvalue weighted by molar-refractivity contribution is -0.135. The molecule has 0 aliphatic heterocycles. The van der Waals surface area contributed by atoms with Crippen LogP contribution in [0.5, 0.6) is 0 Å². The molecule has 0 saturated heterocycles. The second-order valence-electron chi connectivity index (χ2n) is 5.31. The zero-order chi connectivity index (χ0) is 15.3. The molecule has 0 spiro atoms. The number of nitrogens with one attached hydrogen (secondary N) is 1. The van der Waals surface area contributed by atoms with Crippen LogP contribution in [-0.2, 0) is 11.2 Å². The van der Waals surface area contributed by atoms with Gasteiger partial charge in [0.05, 0.1) is 11.1 Å². The van der Waals surface area contributed by atoms with Crippen molar-refractivity contribution in [3.05, 3.63) is 35.4 Å². The number of carboxylic acid groups (broad SMARTS) is 1. The van der Waals surface area contributed by atoms with E-state index in [4.69, 9.17) is 5.11 Å². The summed E-state index contributed by atoms with van der Waals surface area (Å²) in [6.45, 7) is 4.11. The molecule has 1 rings (SSSR count). The van der Waals surface area contributed by atoms with Crippen molar-refractivity contribution in [1.82, 2.24) is 10.2 Å². The fourth-order valence-corrected chi connectivity index (χ4v) is 1.92. The summed E-state index contributed by atoms with van der Waals surface area (Å²) >= 11 is 0. The van der Waals surface area contributed by atoms with Gasteiger partial charge in [0, 0.05) is 13.6 Å². The standard InChI is InChI=1S/C15H22N2O3/c1-15(2,16-3)14(20)17(4)10-9-11-7-5-6-8-12(11)13(18)19/h5-8,16H,9-10H2,1-4H3,(H,18,19). The van der Waals surface area contributed by atoms with E-state index in [1.165, 1.54) is 0 Å². The van der Waals surface area contributed by atoms with E-state index in [2.05, 4.69) is 5.32 Å². The monoisotopic (exact) mass is 278 g/mol. The zero-order valence-electron chi connectivity index (χ0n) is 12.4. The summed E-state index contributed by atoms with van der Waals surface area (Å²) in [5.41, 5.74) is 0.407. The SMILES string of the molecule is CNC(C)(C)C(=O)N(C)CCc1ccccc1C(=O)O. The van der Waals surface area contributed by atoms with Gasteiger partial charge in [0.15, 0.2) is 0 Å². The van der Waals surface area contributed by atoms with Gasteiger partial charge >= 0.3 is 5.97 Å². The Balaban J connectivity index is 2.73. The Morgan fingerprint density at radius 3 is 2.45 bits per heavy atom. The molecule has 0 aliphatic carbocycles. The Bertz CT molecular complexity index is 498. The summed E-state index contributed by atoms with van der Waals surface area (Å²) in [6.07, 6.45) is 0.518. The summed E-state index contributed by atoms with van der Waals surface area (Å²) in [5, 5.41) is 12.1. The number of carbonyl (C=O) groups excluding carboxylic acids is 1. The van der Waals surface area contributed by atoms with E-state index in [0.29, 0.717) is 18.5 Å². The minimum Gasteiger partial charge on any atom is -0.478 e. The number of benzene rings is 1. The van der Waals surface area contributed by atoms with Crippen molar-refractivity contribution in [1.29, 1.82) is 0 Å². The molecule has 1 aromatic rings. The maximum absolute atomic E-state index is 12.2. The van der Waals surface area contributed by atoms with Crippen molar-refractivity contribution in [3.63, 3.8) is 0 Å². The third kappa shape index (κ3) is 3.81. The number of carbonyl (C=O) groups is 2. The molecule has 1 amide bonds. The van der Waals surface area contributed by atoms with Crippen LogP contribution in [0.3, 0.4) is 0 Å². The Kier molecular flexibility index (Phi) is 5.27. The lowest BCUT2D eigenvalue weighted by Crippen LogP contribution is -2.52. The number of amides is 1. The van der Waals surface area contributed by atoms with E-state index in [1.807, 2.05) is 13.8 Å². The van der Waals surface area contributed by atoms with Gasteiger partial charge in [-0.05, 0) is 38.9 Å². The quantitative estimate of drug-likeness (QED) is 0.825. The molecule has 0 atom stereocenters. The molecule has 0 saturated carbocycles. The van der Waals surface area contributed by atoms with Gasteiger partial charge < -0.3 is 15.3 Å². The first-order chi connectivity index (χ1) is 9.29. The number of nitrogens with zero attached hydrogens (tertiary/aromatic N) is 1. The van der Waals surface area contributed by atoms with Gasteiger partial charge in [-0.25, -0.2) is 4.79 Å². The van der Waals surface area contributed by atoms with E-state index in [0.717, 1.165) is 5.56 Å². The van der Waals surface area contributed by atoms with E-state index < -0.39 is 11.5 Å². The number of rotatable bonds is 6. The second kappa shape index (κ2) is 6.52. The maximum Gasteiger partial charge on any atom is 0.335 e. The van der Waals surface area contributed by atoms with Crippen LogP contribution in [0.1, 0.15) is 29.8 Å². The molecule has 0 unspecified atom stereocenters. The van der Waals surface area contributed by atoms with Crippen LogP contribution < -0.4 is 5.32 Å². The molecule has 20 heavy (non-hydrogen) atoms. The molecular formula is C15H22N2O3. The Morgan fingerprint density at radius 1 is 1.30 bits per heavy atom. The van der Waals surface area contributed by atoms with Crippen LogP contribution in [0.25, 0.3) is 0 Å². The average molecular weight is 278 g/mol. The number of aromatic carboxylic acids is 1. The molecule has 0 heterocycles. The van der Waals surface area contributed by atoms with Gasteiger partial charge in [-0.3, -0.25) is 4.79 Å². The van der Waals surface area contributed by atoms with E-state index in [1.54, 1.807) is 43.3 Å². The Hall–Kier alpha value is -1.88. The predicted octanol–water partition coefficient (Wildman–Crippen LogP) is 1.38. The summed E-state index contributed by atoms with van der Waals surface area (Å²) < 4.78 is 0. The van der Waals surface area contributed by atoms with Gasteiger partial charge in [0.1, 0.15) is 0 Å². The van der Waals surface area contributed by atoms with Gasteiger partial charge in [-0.1, -0.05) is 18.2 Å². The number of likely N-dealkylation sites (N-methyl/N-ethyl adjacent to an activating group) is 2. The normalized spacial score (nSPS) is 11.2. The topological polar surface area (TPSA) is 69.6 Å². The molecule has 110 valence electrons. The van der Waals surface area contributed by atoms with E-state index >= 15 is 0 Å². The van der Waals surface area contributed by atoms with Gasteiger partial charge in [0.25, 0.3) is 0 Å². The highest BCUT2D eigenvalue weighted by Crippen LogP contribution is 2.11. The summed E-state index contributed by atoms with van der Waals surface area (Å²) in [7, 11) is 3.47. The number of carboxylic acids is 1. The van der Waals surface area contributed by atoms with Crippen molar-refractivity contribution in [2.45, 2.75) is 25.8 Å². The van der Waals surface area contributed by atoms with Crippen molar-refractivity contribution < 1.29 is 14.7 Å². The van der Waals surface area contributed by atoms with Crippen molar-refractivity contribution in [3.8, 4) is 0 Å². The molecule has 1 aromatic carbocycles. The van der Waals surface area contributed by atoms with Gasteiger partial charge in [-0.2, -0.15) is 0 Å². The van der Waals surface area contributed by atoms with Crippen LogP contribution in [0.15, 0.2) is 24.3 Å². The van der Waals surface area contributed by atoms with Crippen molar-refractivity contribution >= 4 is 11.9 Å². The minimum atomic E-state index is -0.940. The van der Waals surface area contributed by atoms with E-state index in [-0.39, 0.29) is 5.91 Å². The predicted molar refractivity (Wildman–Crippen MR) is 77.9 cm³/mol. The van der Waals surface area contributed by atoms with Crippen LogP contribution >= 0.6 is 0 Å². The summed E-state index contributed by atoms with van der Waals surface area (Å²) in [5.74, 6) is -0.960. The van der Waals surface area contributed by atoms with Crippen LogP contribution in [0, 0.1) is 0 Å². The molecular weight excluding hydrogens is 256 g/mol. The molecule has 5 nitrogen and oxygen atoms in total. The fraction of sp³-hybridized carbons (Fsp3) is 0.467. The summed E-state index contributed by atoms with van der Waals surface area (Å²) in [4.78, 5) is 24.9. The maximum atomic E-state index is 12.2. The third-order valence-corrected chi connectivity index (χ3v) is 3.47. The molecule has 0 fully saturated rings. The number of hydrogen-bond acceptors (Lipinski definition) is 3. The Labute approximate surface area is 119 Å². The Morgan fingerprint density at radius 2 is 1.90 bits per heavy atom. The molecule has 0 aromatic heterocycles.